The molecule has 0 fully saturated rings. The second-order valence-corrected chi connectivity index (χ2v) is 2.68. The molecule has 1 N–H and O–H groups in total. The molecule has 92 valence electrons. The highest BCUT2D eigenvalue weighted by Crippen LogP contribution is 2.02. The molecule has 6 heteroatoms. The van der Waals surface area contributed by atoms with Crippen LogP contribution >= 0.6 is 0 Å². The Labute approximate surface area is 98.8 Å². The highest BCUT2D eigenvalue weighted by molar-refractivity contribution is 6.08. The molecule has 1 rings (SSSR count). The van der Waals surface area contributed by atoms with E-state index in [-0.39, 0.29) is 5.70 Å². The molecule has 0 radical (unpaired) electrons. The third-order valence-corrected chi connectivity index (χ3v) is 1.50. The molecule has 1 aromatic heterocycles. The number of carbonyl (C=O) groups is 2. The van der Waals surface area contributed by atoms with Crippen LogP contribution in [0.5, 0.6) is 0 Å². The molecule has 0 spiro atoms. The number of carboxylic acids is 1. The van der Waals surface area contributed by atoms with Crippen LogP contribution in [0.3, 0.4) is 0 Å². The van der Waals surface area contributed by atoms with Crippen LogP contribution < -0.4 is 0 Å². The van der Waals surface area contributed by atoms with Crippen molar-refractivity contribution in [1.29, 1.82) is 0 Å². The van der Waals surface area contributed by atoms with Gasteiger partial charge in [0.2, 0.25) is 0 Å². The van der Waals surface area contributed by atoms with Crippen molar-refractivity contribution in [3.05, 3.63) is 38.0 Å². The van der Waals surface area contributed by atoms with E-state index < -0.39 is 11.9 Å². The van der Waals surface area contributed by atoms with E-state index in [1.54, 1.807) is 19.3 Å². The summed E-state index contributed by atoms with van der Waals surface area (Å²) in [6.45, 7) is 8.63. The Morgan fingerprint density at radius 2 is 2.18 bits per heavy atom. The maximum absolute atomic E-state index is 11.1. The van der Waals surface area contributed by atoms with Gasteiger partial charge in [-0.2, -0.15) is 0 Å². The first kappa shape index (κ1) is 14.6. The molecule has 1 aromatic rings. The quantitative estimate of drug-likeness (QED) is 0.629. The zero-order valence-electron chi connectivity index (χ0n) is 9.50. The summed E-state index contributed by atoms with van der Waals surface area (Å²) in [6, 6.07) is 0. The fraction of sp³-hybridized carbons (Fsp3) is 0.182. The van der Waals surface area contributed by atoms with Gasteiger partial charge in [-0.15, -0.1) is 0 Å². The minimum absolute atomic E-state index is 0.273. The van der Waals surface area contributed by atoms with E-state index in [1.807, 2.05) is 0 Å². The fourth-order valence-corrected chi connectivity index (χ4v) is 0.739. The third-order valence-electron chi connectivity index (χ3n) is 1.50. The molecule has 0 amide bonds. The number of rotatable bonds is 4. The molecule has 17 heavy (non-hydrogen) atoms. The Morgan fingerprint density at radius 1 is 1.59 bits per heavy atom. The summed E-state index contributed by atoms with van der Waals surface area (Å²) >= 11 is 0. The topological polar surface area (TPSA) is 81.4 Å². The first-order valence-corrected chi connectivity index (χ1v) is 4.72. The Kier molecular flexibility index (Phi) is 6.77. The van der Waals surface area contributed by atoms with Gasteiger partial charge in [-0.1, -0.05) is 13.2 Å². The van der Waals surface area contributed by atoms with Crippen molar-refractivity contribution in [2.75, 3.05) is 6.61 Å². The molecule has 0 bridgehead atoms. The van der Waals surface area contributed by atoms with Crippen LogP contribution in [0.1, 0.15) is 6.92 Å². The van der Waals surface area contributed by atoms with Gasteiger partial charge < -0.3 is 14.4 Å². The van der Waals surface area contributed by atoms with E-state index in [0.29, 0.717) is 6.61 Å². The number of ether oxygens (including phenoxy) is 1. The second kappa shape index (κ2) is 7.86. The Morgan fingerprint density at radius 3 is 2.53 bits per heavy atom. The second-order valence-electron chi connectivity index (χ2n) is 2.68. The van der Waals surface area contributed by atoms with Crippen LogP contribution in [0.25, 0.3) is 5.70 Å². The maximum atomic E-state index is 11.1. The van der Waals surface area contributed by atoms with E-state index in [9.17, 15) is 9.59 Å². The molecule has 0 atom stereocenters. The van der Waals surface area contributed by atoms with E-state index >= 15 is 0 Å². The number of aliphatic carboxylic acids is 1. The van der Waals surface area contributed by atoms with Gasteiger partial charge in [0.15, 0.2) is 0 Å². The summed E-state index contributed by atoms with van der Waals surface area (Å²) in [7, 11) is 0. The first-order chi connectivity index (χ1) is 8.02. The van der Waals surface area contributed by atoms with Gasteiger partial charge in [0, 0.05) is 18.5 Å². The third kappa shape index (κ3) is 5.93. The van der Waals surface area contributed by atoms with Crippen LogP contribution in [-0.2, 0) is 14.3 Å². The SMILES string of the molecule is C=C(C(=O)OCC)n1ccnc1.C=CC(=O)O. The van der Waals surface area contributed by atoms with Crippen LogP contribution in [-0.4, -0.2) is 33.2 Å². The van der Waals surface area contributed by atoms with Crippen LogP contribution in [0, 0.1) is 0 Å². The molecule has 0 aliphatic rings. The number of hydrogen-bond donors (Lipinski definition) is 1. The molecule has 0 aliphatic heterocycles. The Balaban J connectivity index is 0.000000437. The van der Waals surface area contributed by atoms with Crippen molar-refractivity contribution in [2.24, 2.45) is 0 Å². The smallest absolute Gasteiger partial charge is 0.354 e. The van der Waals surface area contributed by atoms with Gasteiger partial charge >= 0.3 is 11.9 Å². The average Bonchev–Trinajstić information content (AvgIpc) is 2.82. The van der Waals surface area contributed by atoms with Crippen LogP contribution in [0.2, 0.25) is 0 Å². The van der Waals surface area contributed by atoms with Crippen molar-refractivity contribution < 1.29 is 19.4 Å². The van der Waals surface area contributed by atoms with Crippen LogP contribution in [0.4, 0.5) is 0 Å². The van der Waals surface area contributed by atoms with Crippen molar-refractivity contribution >= 4 is 17.6 Å². The lowest BCUT2D eigenvalue weighted by Gasteiger charge is -2.04. The normalized spacial score (nSPS) is 8.53. The number of aromatic nitrogens is 2. The van der Waals surface area contributed by atoms with E-state index in [0.717, 1.165) is 6.08 Å². The maximum Gasteiger partial charge on any atom is 0.354 e. The monoisotopic (exact) mass is 238 g/mol. The lowest BCUT2D eigenvalue weighted by Crippen LogP contribution is -2.09. The lowest BCUT2D eigenvalue weighted by atomic mass is 10.5. The molecule has 0 unspecified atom stereocenters. The minimum atomic E-state index is -0.981. The minimum Gasteiger partial charge on any atom is -0.478 e. The summed E-state index contributed by atoms with van der Waals surface area (Å²) in [5, 5.41) is 7.60. The van der Waals surface area contributed by atoms with Gasteiger partial charge in [0.1, 0.15) is 5.70 Å². The summed E-state index contributed by atoms with van der Waals surface area (Å²) in [5.74, 6) is -1.40. The van der Waals surface area contributed by atoms with E-state index in [2.05, 4.69) is 18.1 Å². The van der Waals surface area contributed by atoms with Gasteiger partial charge in [-0.05, 0) is 6.92 Å². The Hall–Kier alpha value is -2.37. The van der Waals surface area contributed by atoms with Gasteiger partial charge in [-0.25, -0.2) is 14.6 Å². The van der Waals surface area contributed by atoms with Crippen LogP contribution in [0.15, 0.2) is 38.0 Å². The molecule has 0 saturated heterocycles. The van der Waals surface area contributed by atoms with Gasteiger partial charge in [-0.3, -0.25) is 0 Å². The Bertz CT molecular complexity index is 396. The number of esters is 1. The van der Waals surface area contributed by atoms with Crippen molar-refractivity contribution in [1.82, 2.24) is 9.55 Å². The molecular formula is C11H14N2O4. The molecular weight excluding hydrogens is 224 g/mol. The zero-order valence-corrected chi connectivity index (χ0v) is 9.50. The summed E-state index contributed by atoms with van der Waals surface area (Å²) in [6.07, 6.45) is 5.54. The fourth-order valence-electron chi connectivity index (χ4n) is 0.739. The summed E-state index contributed by atoms with van der Waals surface area (Å²) in [4.78, 5) is 24.1. The molecule has 6 nitrogen and oxygen atoms in total. The largest absolute Gasteiger partial charge is 0.478 e. The number of nitrogens with zero attached hydrogens (tertiary/aromatic N) is 2. The predicted octanol–water partition coefficient (Wildman–Crippen LogP) is 1.17. The lowest BCUT2D eigenvalue weighted by molar-refractivity contribution is -0.136. The number of imidazole rings is 1. The molecule has 0 saturated carbocycles. The van der Waals surface area contributed by atoms with E-state index in [4.69, 9.17) is 9.84 Å². The highest BCUT2D eigenvalue weighted by Gasteiger charge is 2.08. The number of carbonyl (C=O) groups excluding carboxylic acids is 1. The van der Waals surface area contributed by atoms with Gasteiger partial charge in [0.05, 0.1) is 12.9 Å². The number of carboxylic acid groups (broad SMARTS) is 1. The van der Waals surface area contributed by atoms with E-state index in [1.165, 1.54) is 10.9 Å². The van der Waals surface area contributed by atoms with Crippen molar-refractivity contribution in [3.63, 3.8) is 0 Å². The highest BCUT2D eigenvalue weighted by atomic mass is 16.5. The number of hydrogen-bond acceptors (Lipinski definition) is 4. The molecule has 0 aromatic carbocycles. The predicted molar refractivity (Wildman–Crippen MR) is 62.0 cm³/mol. The molecule has 0 aliphatic carbocycles. The van der Waals surface area contributed by atoms with Crippen molar-refractivity contribution in [2.45, 2.75) is 6.92 Å². The summed E-state index contributed by atoms with van der Waals surface area (Å²) < 4.78 is 6.25. The van der Waals surface area contributed by atoms with Gasteiger partial charge in [0.25, 0.3) is 0 Å². The summed E-state index contributed by atoms with van der Waals surface area (Å²) in [5.41, 5.74) is 0.273. The van der Waals surface area contributed by atoms with Crippen molar-refractivity contribution in [3.8, 4) is 0 Å². The average molecular weight is 238 g/mol. The molecule has 1 heterocycles. The first-order valence-electron chi connectivity index (χ1n) is 4.72. The zero-order chi connectivity index (χ0) is 13.3. The standard InChI is InChI=1S/C8H10N2O2.C3H4O2/c1-3-12-8(11)7(2)10-5-4-9-6-10;1-2-3(4)5/h4-6H,2-3H2,1H3;2H,1H2,(H,4,5).